The maximum absolute atomic E-state index is 12.3. The van der Waals surface area contributed by atoms with Gasteiger partial charge in [0.25, 0.3) is 5.91 Å². The summed E-state index contributed by atoms with van der Waals surface area (Å²) >= 11 is 0. The smallest absolute Gasteiger partial charge is 0.338 e. The third-order valence-corrected chi connectivity index (χ3v) is 5.89. The number of sulfone groups is 1. The highest BCUT2D eigenvalue weighted by Crippen LogP contribution is 2.30. The van der Waals surface area contributed by atoms with Gasteiger partial charge in [0.1, 0.15) is 17.2 Å². The van der Waals surface area contributed by atoms with Crippen LogP contribution in [0.4, 0.5) is 0 Å². The summed E-state index contributed by atoms with van der Waals surface area (Å²) in [5.41, 5.74) is 1.45. The summed E-state index contributed by atoms with van der Waals surface area (Å²) in [6, 6.07) is 13.7. The molecule has 11 heteroatoms. The van der Waals surface area contributed by atoms with Crippen LogP contribution >= 0.6 is 0 Å². The molecule has 0 fully saturated rings. The average molecular weight is 489 g/mol. The van der Waals surface area contributed by atoms with E-state index < -0.39 is 34.4 Å². The van der Waals surface area contributed by atoms with E-state index in [1.165, 1.54) is 43.5 Å². The molecule has 34 heavy (non-hydrogen) atoms. The first-order chi connectivity index (χ1) is 16.1. The van der Waals surface area contributed by atoms with Crippen molar-refractivity contribution in [2.75, 3.05) is 26.5 Å². The summed E-state index contributed by atoms with van der Waals surface area (Å²) in [4.78, 5) is 27.5. The Labute approximate surface area is 196 Å². The van der Waals surface area contributed by atoms with Gasteiger partial charge in [-0.25, -0.2) is 13.2 Å². The standard InChI is InChI=1S/C23H24N2O8S/c1-32-23(29)15-9-14(20-7-8-21(25-20)22(28)24-12-16(27)13-26)10-18(11-15)33-17-3-5-19(6-4-17)34(2,30)31/h3-11,16,25-27H,12-13H2,1-2H3,(H,24,28)/t16-/m0/s1. The number of H-pyrrole nitrogens is 1. The number of aromatic amines is 1. The van der Waals surface area contributed by atoms with Crippen LogP contribution in [0.5, 0.6) is 11.5 Å². The molecule has 0 aliphatic carbocycles. The lowest BCUT2D eigenvalue weighted by Crippen LogP contribution is -2.34. The molecule has 2 aromatic carbocycles. The molecule has 1 amide bonds. The Balaban J connectivity index is 1.88. The molecule has 0 saturated heterocycles. The minimum Gasteiger partial charge on any atom is -0.465 e. The van der Waals surface area contributed by atoms with E-state index in [1.54, 1.807) is 18.2 Å². The lowest BCUT2D eigenvalue weighted by atomic mass is 10.1. The fourth-order valence-electron chi connectivity index (χ4n) is 3.01. The van der Waals surface area contributed by atoms with Gasteiger partial charge < -0.3 is 30.0 Å². The molecule has 0 aliphatic heterocycles. The average Bonchev–Trinajstić information content (AvgIpc) is 3.32. The van der Waals surface area contributed by atoms with Gasteiger partial charge in [-0.1, -0.05) is 0 Å². The van der Waals surface area contributed by atoms with Gasteiger partial charge in [-0.3, -0.25) is 4.79 Å². The van der Waals surface area contributed by atoms with Crippen LogP contribution in [-0.2, 0) is 14.6 Å². The van der Waals surface area contributed by atoms with Gasteiger partial charge in [-0.15, -0.1) is 0 Å². The molecule has 3 rings (SSSR count). The summed E-state index contributed by atoms with van der Waals surface area (Å²) in [6.07, 6.45) is 0.0376. The number of nitrogens with one attached hydrogen (secondary N) is 2. The van der Waals surface area contributed by atoms with Gasteiger partial charge in [-0.2, -0.15) is 0 Å². The number of amides is 1. The normalized spacial score (nSPS) is 12.1. The lowest BCUT2D eigenvalue weighted by molar-refractivity contribution is 0.0600. The van der Waals surface area contributed by atoms with E-state index in [0.717, 1.165) is 6.26 Å². The van der Waals surface area contributed by atoms with E-state index in [2.05, 4.69) is 10.3 Å². The van der Waals surface area contributed by atoms with E-state index in [0.29, 0.717) is 17.0 Å². The Morgan fingerprint density at radius 3 is 2.38 bits per heavy atom. The Bertz CT molecular complexity index is 1280. The lowest BCUT2D eigenvalue weighted by Gasteiger charge is -2.11. The second kappa shape index (κ2) is 10.5. The molecule has 0 saturated carbocycles. The molecule has 180 valence electrons. The van der Waals surface area contributed by atoms with E-state index in [1.807, 2.05) is 0 Å². The van der Waals surface area contributed by atoms with Crippen LogP contribution in [0.1, 0.15) is 20.8 Å². The molecule has 1 heterocycles. The van der Waals surface area contributed by atoms with Gasteiger partial charge in [0, 0.05) is 24.1 Å². The number of esters is 1. The number of ether oxygens (including phenoxy) is 2. The SMILES string of the molecule is COC(=O)c1cc(Oc2ccc(S(C)(=O)=O)cc2)cc(-c2ccc(C(=O)NC[C@H](O)CO)[nH]2)c1. The molecular formula is C23H24N2O8S. The largest absolute Gasteiger partial charge is 0.465 e. The Morgan fingerprint density at radius 2 is 1.76 bits per heavy atom. The molecule has 0 aliphatic rings. The van der Waals surface area contributed by atoms with Crippen molar-refractivity contribution in [2.45, 2.75) is 11.0 Å². The molecular weight excluding hydrogens is 464 g/mol. The Morgan fingerprint density at radius 1 is 1.06 bits per heavy atom. The third-order valence-electron chi connectivity index (χ3n) is 4.77. The molecule has 0 unspecified atom stereocenters. The number of aliphatic hydroxyl groups excluding tert-OH is 2. The maximum atomic E-state index is 12.3. The van der Waals surface area contributed by atoms with Crippen LogP contribution in [0.25, 0.3) is 11.3 Å². The monoisotopic (exact) mass is 488 g/mol. The topological polar surface area (TPSA) is 155 Å². The zero-order valence-electron chi connectivity index (χ0n) is 18.4. The zero-order chi connectivity index (χ0) is 24.9. The van der Waals surface area contributed by atoms with Crippen LogP contribution in [0.3, 0.4) is 0 Å². The first-order valence-electron chi connectivity index (χ1n) is 10.1. The molecule has 0 radical (unpaired) electrons. The number of aromatic nitrogens is 1. The van der Waals surface area contributed by atoms with Crippen LogP contribution in [0, 0.1) is 0 Å². The van der Waals surface area contributed by atoms with Crippen molar-refractivity contribution in [3.05, 3.63) is 65.9 Å². The van der Waals surface area contributed by atoms with Crippen molar-refractivity contribution in [1.29, 1.82) is 0 Å². The van der Waals surface area contributed by atoms with Crippen LogP contribution < -0.4 is 10.1 Å². The number of carbonyl (C=O) groups excluding carboxylic acids is 2. The summed E-state index contributed by atoms with van der Waals surface area (Å²) in [6.45, 7) is -0.589. The highest BCUT2D eigenvalue weighted by Gasteiger charge is 2.15. The van der Waals surface area contributed by atoms with Gasteiger partial charge in [-0.05, 0) is 54.6 Å². The summed E-state index contributed by atoms with van der Waals surface area (Å²) < 4.78 is 33.9. The quantitative estimate of drug-likeness (QED) is 0.332. The summed E-state index contributed by atoms with van der Waals surface area (Å²) in [7, 11) is -2.10. The number of carbonyl (C=O) groups is 2. The number of hydrogen-bond donors (Lipinski definition) is 4. The van der Waals surface area contributed by atoms with Crippen molar-refractivity contribution in [1.82, 2.24) is 10.3 Å². The fraction of sp³-hybridized carbons (Fsp3) is 0.217. The van der Waals surface area contributed by atoms with Gasteiger partial charge in [0.15, 0.2) is 9.84 Å². The second-order valence-corrected chi connectivity index (χ2v) is 9.43. The molecule has 0 bridgehead atoms. The minimum atomic E-state index is -3.35. The Kier molecular flexibility index (Phi) is 7.72. The predicted octanol–water partition coefficient (Wildman–Crippen LogP) is 1.75. The molecule has 0 spiro atoms. The van der Waals surface area contributed by atoms with Crippen molar-refractivity contribution in [3.63, 3.8) is 0 Å². The number of hydrogen-bond acceptors (Lipinski definition) is 8. The van der Waals surface area contributed by atoms with Gasteiger partial charge >= 0.3 is 5.97 Å². The number of rotatable bonds is 9. The first-order valence-corrected chi connectivity index (χ1v) is 12.0. The van der Waals surface area contributed by atoms with E-state index in [-0.39, 0.29) is 28.4 Å². The van der Waals surface area contributed by atoms with Gasteiger partial charge in [0.2, 0.25) is 0 Å². The predicted molar refractivity (Wildman–Crippen MR) is 123 cm³/mol. The number of methoxy groups -OCH3 is 1. The van der Waals surface area contributed by atoms with Crippen LogP contribution in [0.15, 0.2) is 59.5 Å². The van der Waals surface area contributed by atoms with Crippen LogP contribution in [0.2, 0.25) is 0 Å². The molecule has 1 atom stereocenters. The second-order valence-electron chi connectivity index (χ2n) is 7.42. The highest BCUT2D eigenvalue weighted by molar-refractivity contribution is 7.90. The maximum Gasteiger partial charge on any atom is 0.338 e. The molecule has 10 nitrogen and oxygen atoms in total. The molecule has 4 N–H and O–H groups in total. The van der Waals surface area contributed by atoms with Crippen LogP contribution in [-0.4, -0.2) is 68.1 Å². The third kappa shape index (κ3) is 6.22. The minimum absolute atomic E-state index is 0.113. The van der Waals surface area contributed by atoms with E-state index >= 15 is 0 Å². The summed E-state index contributed by atoms with van der Waals surface area (Å²) in [5, 5.41) is 20.7. The van der Waals surface area contributed by atoms with Crippen molar-refractivity contribution in [2.24, 2.45) is 0 Å². The fourth-order valence-corrected chi connectivity index (χ4v) is 3.64. The highest BCUT2D eigenvalue weighted by atomic mass is 32.2. The zero-order valence-corrected chi connectivity index (χ0v) is 19.3. The van der Waals surface area contributed by atoms with Gasteiger partial charge in [0.05, 0.1) is 30.3 Å². The Hall–Kier alpha value is -3.67. The van der Waals surface area contributed by atoms with Crippen molar-refractivity contribution < 1.29 is 37.7 Å². The number of aliphatic hydroxyl groups is 2. The van der Waals surface area contributed by atoms with E-state index in [9.17, 15) is 23.1 Å². The van der Waals surface area contributed by atoms with Crippen molar-refractivity contribution in [3.8, 4) is 22.8 Å². The van der Waals surface area contributed by atoms with Crippen molar-refractivity contribution >= 4 is 21.7 Å². The summed E-state index contributed by atoms with van der Waals surface area (Å²) in [5.74, 6) is -0.432. The number of benzene rings is 2. The molecule has 3 aromatic rings. The first kappa shape index (κ1) is 25.0. The van der Waals surface area contributed by atoms with E-state index in [4.69, 9.17) is 14.6 Å². The molecule has 1 aromatic heterocycles.